The summed E-state index contributed by atoms with van der Waals surface area (Å²) in [6.45, 7) is 1.89. The number of nitriles is 1. The maximum absolute atomic E-state index is 8.34. The van der Waals surface area contributed by atoms with Crippen molar-refractivity contribution >= 4 is 0 Å². The lowest BCUT2D eigenvalue weighted by Gasteiger charge is -2.03. The molecule has 0 fully saturated rings. The van der Waals surface area contributed by atoms with E-state index in [0.717, 1.165) is 38.2 Å². The molecule has 0 aromatic carbocycles. The van der Waals surface area contributed by atoms with Crippen LogP contribution in [-0.2, 0) is 13.5 Å². The summed E-state index contributed by atoms with van der Waals surface area (Å²) in [6.07, 6.45) is 5.31. The molecule has 1 aromatic rings. The highest BCUT2D eigenvalue weighted by atomic mass is 15.2. The van der Waals surface area contributed by atoms with E-state index >= 15 is 0 Å². The number of nitrogens with one attached hydrogen (secondary N) is 1. The van der Waals surface area contributed by atoms with E-state index in [1.165, 1.54) is 0 Å². The zero-order valence-corrected chi connectivity index (χ0v) is 9.11. The van der Waals surface area contributed by atoms with Gasteiger partial charge in [0.2, 0.25) is 0 Å². The number of aryl methyl sites for hydroxylation is 1. The molecular weight excluding hydrogens is 190 g/mol. The van der Waals surface area contributed by atoms with Crippen molar-refractivity contribution in [1.29, 1.82) is 5.26 Å². The summed E-state index contributed by atoms with van der Waals surface area (Å²) in [7, 11) is 1.95. The maximum atomic E-state index is 8.34. The predicted octanol–water partition coefficient (Wildman–Crippen LogP) is 0.641. The molecule has 82 valence electrons. The highest BCUT2D eigenvalue weighted by Crippen LogP contribution is 1.93. The summed E-state index contributed by atoms with van der Waals surface area (Å²) in [4.78, 5) is 0. The highest BCUT2D eigenvalue weighted by Gasteiger charge is 1.98. The van der Waals surface area contributed by atoms with Crippen molar-refractivity contribution in [1.82, 2.24) is 20.1 Å². The first-order valence-electron chi connectivity index (χ1n) is 5.25. The number of aromatic nitrogens is 3. The van der Waals surface area contributed by atoms with Crippen molar-refractivity contribution in [3.8, 4) is 6.07 Å². The van der Waals surface area contributed by atoms with Gasteiger partial charge >= 0.3 is 0 Å². The van der Waals surface area contributed by atoms with Gasteiger partial charge in [-0.25, -0.2) is 0 Å². The van der Waals surface area contributed by atoms with Crippen LogP contribution < -0.4 is 5.32 Å². The van der Waals surface area contributed by atoms with Crippen LogP contribution in [-0.4, -0.2) is 27.9 Å². The van der Waals surface area contributed by atoms with Crippen molar-refractivity contribution in [3.05, 3.63) is 12.2 Å². The van der Waals surface area contributed by atoms with Crippen LogP contribution in [0.2, 0.25) is 0 Å². The Balaban J connectivity index is 1.98. The van der Waals surface area contributed by atoms with Crippen molar-refractivity contribution in [2.45, 2.75) is 25.7 Å². The lowest BCUT2D eigenvalue weighted by molar-refractivity contribution is 0.613. The zero-order valence-electron chi connectivity index (χ0n) is 9.11. The second-order valence-electron chi connectivity index (χ2n) is 3.47. The Kier molecular flexibility index (Phi) is 5.41. The molecule has 0 amide bonds. The van der Waals surface area contributed by atoms with Gasteiger partial charge in [0.05, 0.1) is 6.07 Å². The average molecular weight is 207 g/mol. The van der Waals surface area contributed by atoms with Gasteiger partial charge in [0.25, 0.3) is 0 Å². The lowest BCUT2D eigenvalue weighted by atomic mass is 10.2. The summed E-state index contributed by atoms with van der Waals surface area (Å²) in [5.74, 6) is 1.000. The van der Waals surface area contributed by atoms with Gasteiger partial charge in [-0.3, -0.25) is 0 Å². The molecule has 0 aliphatic carbocycles. The van der Waals surface area contributed by atoms with Crippen LogP contribution in [0.1, 0.15) is 25.1 Å². The molecule has 1 N–H and O–H groups in total. The molecule has 0 saturated heterocycles. The Morgan fingerprint density at radius 1 is 1.47 bits per heavy atom. The van der Waals surface area contributed by atoms with Crippen LogP contribution in [0.5, 0.6) is 0 Å². The minimum Gasteiger partial charge on any atom is -0.321 e. The topological polar surface area (TPSA) is 66.5 Å². The van der Waals surface area contributed by atoms with Crippen LogP contribution in [0, 0.1) is 11.3 Å². The third-order valence-electron chi connectivity index (χ3n) is 2.22. The Labute approximate surface area is 90.1 Å². The fourth-order valence-corrected chi connectivity index (χ4v) is 1.31. The van der Waals surface area contributed by atoms with Crippen LogP contribution in [0.4, 0.5) is 0 Å². The Morgan fingerprint density at radius 2 is 2.33 bits per heavy atom. The number of hydrogen-bond donors (Lipinski definition) is 1. The second kappa shape index (κ2) is 6.96. The molecule has 1 heterocycles. The van der Waals surface area contributed by atoms with Crippen LogP contribution >= 0.6 is 0 Å². The SMILES string of the molecule is Cn1cnnc1CCNCCCCC#N. The van der Waals surface area contributed by atoms with Gasteiger partial charge in [0.1, 0.15) is 12.2 Å². The van der Waals surface area contributed by atoms with Gasteiger partial charge in [-0.15, -0.1) is 10.2 Å². The van der Waals surface area contributed by atoms with Crippen LogP contribution in [0.25, 0.3) is 0 Å². The quantitative estimate of drug-likeness (QED) is 0.666. The fraction of sp³-hybridized carbons (Fsp3) is 0.700. The Hall–Kier alpha value is -1.41. The van der Waals surface area contributed by atoms with Gasteiger partial charge in [0.15, 0.2) is 0 Å². The molecule has 0 radical (unpaired) electrons. The maximum Gasteiger partial charge on any atom is 0.133 e. The predicted molar refractivity (Wildman–Crippen MR) is 57.0 cm³/mol. The van der Waals surface area contributed by atoms with E-state index in [0.29, 0.717) is 6.42 Å². The fourth-order valence-electron chi connectivity index (χ4n) is 1.31. The minimum absolute atomic E-state index is 0.658. The Morgan fingerprint density at radius 3 is 3.00 bits per heavy atom. The molecule has 15 heavy (non-hydrogen) atoms. The van der Waals surface area contributed by atoms with Crippen LogP contribution in [0.15, 0.2) is 6.33 Å². The number of unbranched alkanes of at least 4 members (excludes halogenated alkanes) is 2. The molecular formula is C10H17N5. The zero-order chi connectivity index (χ0) is 10.9. The van der Waals surface area contributed by atoms with Gasteiger partial charge in [0, 0.05) is 26.4 Å². The van der Waals surface area contributed by atoms with Crippen molar-refractivity contribution < 1.29 is 0 Å². The first-order valence-corrected chi connectivity index (χ1v) is 5.25. The summed E-state index contributed by atoms with van der Waals surface area (Å²) in [5, 5.41) is 19.5. The standard InChI is InChI=1S/C10H17N5/c1-15-9-13-14-10(15)5-8-12-7-4-2-3-6-11/h9,12H,2-5,7-8H2,1H3. The van der Waals surface area contributed by atoms with E-state index in [4.69, 9.17) is 5.26 Å². The molecule has 1 rings (SSSR count). The van der Waals surface area contributed by atoms with Crippen molar-refractivity contribution in [2.24, 2.45) is 7.05 Å². The third-order valence-corrected chi connectivity index (χ3v) is 2.22. The smallest absolute Gasteiger partial charge is 0.133 e. The summed E-state index contributed by atoms with van der Waals surface area (Å²) >= 11 is 0. The second-order valence-corrected chi connectivity index (χ2v) is 3.47. The molecule has 5 heteroatoms. The monoisotopic (exact) mass is 207 g/mol. The summed E-state index contributed by atoms with van der Waals surface area (Å²) in [6, 6.07) is 2.14. The number of rotatable bonds is 7. The van der Waals surface area contributed by atoms with Gasteiger partial charge in [-0.1, -0.05) is 0 Å². The van der Waals surface area contributed by atoms with Crippen LogP contribution in [0.3, 0.4) is 0 Å². The Bertz CT molecular complexity index is 312. The molecule has 0 bridgehead atoms. The van der Waals surface area contributed by atoms with Gasteiger partial charge in [-0.2, -0.15) is 5.26 Å². The number of hydrogen-bond acceptors (Lipinski definition) is 4. The van der Waals surface area contributed by atoms with Crippen molar-refractivity contribution in [3.63, 3.8) is 0 Å². The molecule has 0 unspecified atom stereocenters. The molecule has 0 saturated carbocycles. The third kappa shape index (κ3) is 4.56. The van der Waals surface area contributed by atoms with E-state index in [2.05, 4.69) is 21.6 Å². The van der Waals surface area contributed by atoms with E-state index in [1.54, 1.807) is 6.33 Å². The van der Waals surface area contributed by atoms with E-state index in [-0.39, 0.29) is 0 Å². The molecule has 5 nitrogen and oxygen atoms in total. The van der Waals surface area contributed by atoms with Crippen molar-refractivity contribution in [2.75, 3.05) is 13.1 Å². The van der Waals surface area contributed by atoms with E-state index < -0.39 is 0 Å². The summed E-state index contributed by atoms with van der Waals surface area (Å²) < 4.78 is 1.93. The molecule has 0 aliphatic rings. The first-order chi connectivity index (χ1) is 7.34. The molecule has 0 atom stereocenters. The normalized spacial score (nSPS) is 10.1. The average Bonchev–Trinajstić information content (AvgIpc) is 2.63. The highest BCUT2D eigenvalue weighted by molar-refractivity contribution is 4.84. The largest absolute Gasteiger partial charge is 0.321 e. The summed E-state index contributed by atoms with van der Waals surface area (Å²) in [5.41, 5.74) is 0. The number of nitrogens with zero attached hydrogens (tertiary/aromatic N) is 4. The molecule has 1 aromatic heterocycles. The minimum atomic E-state index is 0.658. The molecule has 0 aliphatic heterocycles. The lowest BCUT2D eigenvalue weighted by Crippen LogP contribution is -2.19. The van der Waals surface area contributed by atoms with E-state index in [9.17, 15) is 0 Å². The molecule has 0 spiro atoms. The van der Waals surface area contributed by atoms with Gasteiger partial charge < -0.3 is 9.88 Å². The van der Waals surface area contributed by atoms with Gasteiger partial charge in [-0.05, 0) is 19.4 Å². The first kappa shape index (κ1) is 11.7. The van der Waals surface area contributed by atoms with E-state index in [1.807, 2.05) is 11.6 Å².